The van der Waals surface area contributed by atoms with Gasteiger partial charge in [-0.3, -0.25) is 4.79 Å². The SMILES string of the molecule is CCOC(=O)CCCC1=C(C(=O)OCC)CCCC1. The van der Waals surface area contributed by atoms with Gasteiger partial charge in [-0.1, -0.05) is 5.57 Å². The van der Waals surface area contributed by atoms with E-state index in [4.69, 9.17) is 9.47 Å². The van der Waals surface area contributed by atoms with E-state index in [1.165, 1.54) is 5.57 Å². The van der Waals surface area contributed by atoms with Gasteiger partial charge in [-0.15, -0.1) is 0 Å². The van der Waals surface area contributed by atoms with Gasteiger partial charge in [0.15, 0.2) is 0 Å². The van der Waals surface area contributed by atoms with Crippen LogP contribution in [0.25, 0.3) is 0 Å². The minimum absolute atomic E-state index is 0.156. The lowest BCUT2D eigenvalue weighted by molar-refractivity contribution is -0.143. The van der Waals surface area contributed by atoms with Crippen molar-refractivity contribution in [2.75, 3.05) is 13.2 Å². The van der Waals surface area contributed by atoms with Gasteiger partial charge in [0.1, 0.15) is 0 Å². The van der Waals surface area contributed by atoms with Gasteiger partial charge in [-0.25, -0.2) is 4.79 Å². The van der Waals surface area contributed by atoms with Crippen LogP contribution in [-0.4, -0.2) is 25.2 Å². The minimum Gasteiger partial charge on any atom is -0.466 e. The molecule has 0 bridgehead atoms. The maximum absolute atomic E-state index is 11.8. The zero-order chi connectivity index (χ0) is 14.1. The molecular weight excluding hydrogens is 244 g/mol. The van der Waals surface area contributed by atoms with E-state index in [1.54, 1.807) is 6.92 Å². The van der Waals surface area contributed by atoms with Crippen LogP contribution in [0.5, 0.6) is 0 Å². The highest BCUT2D eigenvalue weighted by atomic mass is 16.5. The van der Waals surface area contributed by atoms with Crippen LogP contribution in [0.15, 0.2) is 11.1 Å². The van der Waals surface area contributed by atoms with Crippen LogP contribution in [0.4, 0.5) is 0 Å². The average Bonchev–Trinajstić information content (AvgIpc) is 2.40. The summed E-state index contributed by atoms with van der Waals surface area (Å²) in [7, 11) is 0. The zero-order valence-electron chi connectivity index (χ0n) is 12.0. The first-order valence-corrected chi connectivity index (χ1v) is 7.22. The van der Waals surface area contributed by atoms with Crippen LogP contribution >= 0.6 is 0 Å². The van der Waals surface area contributed by atoms with Gasteiger partial charge in [0.25, 0.3) is 0 Å². The lowest BCUT2D eigenvalue weighted by Gasteiger charge is -2.19. The molecule has 0 atom stereocenters. The van der Waals surface area contributed by atoms with Crippen molar-refractivity contribution < 1.29 is 19.1 Å². The molecule has 0 amide bonds. The van der Waals surface area contributed by atoms with Crippen molar-refractivity contribution in [3.63, 3.8) is 0 Å². The van der Waals surface area contributed by atoms with Gasteiger partial charge in [-0.2, -0.15) is 0 Å². The second-order valence-corrected chi connectivity index (χ2v) is 4.67. The third-order valence-corrected chi connectivity index (χ3v) is 3.27. The molecule has 0 heterocycles. The van der Waals surface area contributed by atoms with E-state index in [0.717, 1.165) is 44.1 Å². The summed E-state index contributed by atoms with van der Waals surface area (Å²) < 4.78 is 9.99. The Balaban J connectivity index is 2.51. The van der Waals surface area contributed by atoms with Gasteiger partial charge in [0, 0.05) is 12.0 Å². The number of hydrogen-bond donors (Lipinski definition) is 0. The third kappa shape index (κ3) is 5.45. The van der Waals surface area contributed by atoms with Crippen LogP contribution < -0.4 is 0 Å². The van der Waals surface area contributed by atoms with Crippen molar-refractivity contribution in [1.29, 1.82) is 0 Å². The smallest absolute Gasteiger partial charge is 0.333 e. The molecule has 1 aliphatic carbocycles. The van der Waals surface area contributed by atoms with Crippen LogP contribution in [-0.2, 0) is 19.1 Å². The average molecular weight is 268 g/mol. The number of allylic oxidation sites excluding steroid dienone is 1. The largest absolute Gasteiger partial charge is 0.466 e. The molecule has 0 fully saturated rings. The van der Waals surface area contributed by atoms with E-state index < -0.39 is 0 Å². The Morgan fingerprint density at radius 1 is 1.05 bits per heavy atom. The normalized spacial score (nSPS) is 15.3. The maximum atomic E-state index is 11.8. The predicted molar refractivity (Wildman–Crippen MR) is 72.6 cm³/mol. The number of carbonyl (C=O) groups excluding carboxylic acids is 2. The monoisotopic (exact) mass is 268 g/mol. The molecule has 0 aromatic rings. The molecule has 0 saturated carbocycles. The third-order valence-electron chi connectivity index (χ3n) is 3.27. The Kier molecular flexibility index (Phi) is 7.23. The molecule has 0 aromatic heterocycles. The van der Waals surface area contributed by atoms with Gasteiger partial charge >= 0.3 is 11.9 Å². The fourth-order valence-corrected chi connectivity index (χ4v) is 2.39. The van der Waals surface area contributed by atoms with Gasteiger partial charge in [0.05, 0.1) is 13.2 Å². The van der Waals surface area contributed by atoms with Gasteiger partial charge in [0.2, 0.25) is 0 Å². The van der Waals surface area contributed by atoms with Gasteiger partial charge in [-0.05, 0) is 52.4 Å². The molecule has 108 valence electrons. The molecule has 0 spiro atoms. The van der Waals surface area contributed by atoms with E-state index >= 15 is 0 Å². The molecule has 0 aliphatic heterocycles. The Morgan fingerprint density at radius 2 is 1.74 bits per heavy atom. The summed E-state index contributed by atoms with van der Waals surface area (Å²) in [6.07, 6.45) is 5.91. The lowest BCUT2D eigenvalue weighted by Crippen LogP contribution is -2.13. The summed E-state index contributed by atoms with van der Waals surface area (Å²) in [6.45, 7) is 4.47. The molecule has 0 aromatic carbocycles. The van der Waals surface area contributed by atoms with Crippen molar-refractivity contribution in [1.82, 2.24) is 0 Å². The molecule has 0 saturated heterocycles. The lowest BCUT2D eigenvalue weighted by atomic mass is 9.88. The standard InChI is InChI=1S/C15H24O4/c1-3-18-14(16)11-7-9-12-8-5-6-10-13(12)15(17)19-4-2/h3-11H2,1-2H3. The Hall–Kier alpha value is -1.32. The summed E-state index contributed by atoms with van der Waals surface area (Å²) in [5.41, 5.74) is 2.02. The highest BCUT2D eigenvalue weighted by Gasteiger charge is 2.19. The Morgan fingerprint density at radius 3 is 2.42 bits per heavy atom. The van der Waals surface area contributed by atoms with Crippen molar-refractivity contribution in [2.45, 2.75) is 58.8 Å². The van der Waals surface area contributed by atoms with E-state index in [0.29, 0.717) is 19.6 Å². The molecule has 4 nitrogen and oxygen atoms in total. The maximum Gasteiger partial charge on any atom is 0.333 e. The first-order valence-electron chi connectivity index (χ1n) is 7.22. The highest BCUT2D eigenvalue weighted by Crippen LogP contribution is 2.29. The summed E-state index contributed by atoms with van der Waals surface area (Å²) in [5.74, 6) is -0.329. The quantitative estimate of drug-likeness (QED) is 0.665. The second kappa shape index (κ2) is 8.73. The first kappa shape index (κ1) is 15.7. The van der Waals surface area contributed by atoms with Crippen LogP contribution in [0.1, 0.15) is 58.8 Å². The Labute approximate surface area is 115 Å². The predicted octanol–water partition coefficient (Wildman–Crippen LogP) is 3.15. The number of ether oxygens (including phenoxy) is 2. The fraction of sp³-hybridized carbons (Fsp3) is 0.733. The van der Waals surface area contributed by atoms with E-state index in [9.17, 15) is 9.59 Å². The van der Waals surface area contributed by atoms with Crippen molar-refractivity contribution in [2.24, 2.45) is 0 Å². The molecular formula is C15H24O4. The second-order valence-electron chi connectivity index (χ2n) is 4.67. The number of carbonyl (C=O) groups is 2. The molecule has 4 heteroatoms. The molecule has 0 unspecified atom stereocenters. The number of hydrogen-bond acceptors (Lipinski definition) is 4. The molecule has 19 heavy (non-hydrogen) atoms. The van der Waals surface area contributed by atoms with Gasteiger partial charge < -0.3 is 9.47 Å². The molecule has 0 radical (unpaired) electrons. The first-order chi connectivity index (χ1) is 9.19. The van der Waals surface area contributed by atoms with E-state index in [1.807, 2.05) is 6.92 Å². The topological polar surface area (TPSA) is 52.6 Å². The minimum atomic E-state index is -0.173. The van der Waals surface area contributed by atoms with Crippen molar-refractivity contribution >= 4 is 11.9 Å². The molecule has 1 aliphatic rings. The summed E-state index contributed by atoms with van der Waals surface area (Å²) >= 11 is 0. The highest BCUT2D eigenvalue weighted by molar-refractivity contribution is 5.89. The summed E-state index contributed by atoms with van der Waals surface area (Å²) in [4.78, 5) is 23.1. The van der Waals surface area contributed by atoms with Crippen LogP contribution in [0.3, 0.4) is 0 Å². The summed E-state index contributed by atoms with van der Waals surface area (Å²) in [6, 6.07) is 0. The Bertz CT molecular complexity index is 344. The van der Waals surface area contributed by atoms with E-state index in [2.05, 4.69) is 0 Å². The molecule has 1 rings (SSSR count). The van der Waals surface area contributed by atoms with Crippen molar-refractivity contribution in [3.05, 3.63) is 11.1 Å². The summed E-state index contributed by atoms with van der Waals surface area (Å²) in [5, 5.41) is 0. The van der Waals surface area contributed by atoms with Crippen LogP contribution in [0.2, 0.25) is 0 Å². The zero-order valence-corrected chi connectivity index (χ0v) is 12.0. The van der Waals surface area contributed by atoms with E-state index in [-0.39, 0.29) is 11.9 Å². The number of rotatable bonds is 7. The molecule has 0 N–H and O–H groups in total. The number of esters is 2. The van der Waals surface area contributed by atoms with Crippen LogP contribution in [0, 0.1) is 0 Å². The van der Waals surface area contributed by atoms with Crippen molar-refractivity contribution in [3.8, 4) is 0 Å². The fourth-order valence-electron chi connectivity index (χ4n) is 2.39.